The van der Waals surface area contributed by atoms with Crippen LogP contribution in [0.3, 0.4) is 0 Å². The van der Waals surface area contributed by atoms with Gasteiger partial charge in [-0.05, 0) is 24.5 Å². The minimum absolute atomic E-state index is 0.728. The Balaban J connectivity index is 3.12. The Kier molecular flexibility index (Phi) is 2.35. The molecule has 1 radical (unpaired) electrons. The molecule has 0 fully saturated rings. The summed E-state index contributed by atoms with van der Waals surface area (Å²) in [5.74, 6) is 0. The molecule has 0 amide bonds. The predicted molar refractivity (Wildman–Crippen MR) is 41.8 cm³/mol. The van der Waals surface area contributed by atoms with Crippen molar-refractivity contribution in [2.24, 2.45) is 0 Å². The summed E-state index contributed by atoms with van der Waals surface area (Å²) in [6.07, 6.45) is 1.95. The van der Waals surface area contributed by atoms with Crippen LogP contribution < -0.4 is 0 Å². The van der Waals surface area contributed by atoms with Crippen LogP contribution >= 0.6 is 11.8 Å². The normalized spacial score (nSPS) is 8.80. The fraction of sp³-hybridized carbons (Fsp3) is 0.125. The molecule has 1 rings (SSSR count). The van der Waals surface area contributed by atoms with Gasteiger partial charge < -0.3 is 0 Å². The van der Waals surface area contributed by atoms with E-state index in [0.29, 0.717) is 0 Å². The van der Waals surface area contributed by atoms with Crippen LogP contribution in [0.4, 0.5) is 0 Å². The van der Waals surface area contributed by atoms with Crippen molar-refractivity contribution in [2.45, 2.75) is 4.90 Å². The number of nitrogens with zero attached hydrogens (tertiary/aromatic N) is 1. The minimum Gasteiger partial charge on any atom is -0.192 e. The third-order valence-corrected chi connectivity index (χ3v) is 1.94. The number of rotatable bonds is 1. The van der Waals surface area contributed by atoms with Crippen LogP contribution in [-0.2, 0) is 0 Å². The van der Waals surface area contributed by atoms with Crippen molar-refractivity contribution >= 4 is 11.8 Å². The Hall–Kier alpha value is -0.940. The number of hydrogen-bond donors (Lipinski definition) is 0. The highest BCUT2D eigenvalue weighted by Crippen LogP contribution is 2.17. The van der Waals surface area contributed by atoms with Gasteiger partial charge >= 0.3 is 0 Å². The highest BCUT2D eigenvalue weighted by atomic mass is 32.2. The number of hydrogen-bond acceptors (Lipinski definition) is 2. The molecule has 0 spiro atoms. The molecule has 1 aromatic rings. The summed E-state index contributed by atoms with van der Waals surface area (Å²) in [7, 11) is 0. The monoisotopic (exact) mass is 148 g/mol. The van der Waals surface area contributed by atoms with Crippen molar-refractivity contribution < 1.29 is 0 Å². The third-order valence-electron chi connectivity index (χ3n) is 1.17. The topological polar surface area (TPSA) is 23.8 Å². The van der Waals surface area contributed by atoms with Crippen LogP contribution in [0.15, 0.2) is 23.1 Å². The maximum atomic E-state index is 8.57. The zero-order valence-electron chi connectivity index (χ0n) is 5.59. The van der Waals surface area contributed by atoms with E-state index < -0.39 is 0 Å². The lowest BCUT2D eigenvalue weighted by molar-refractivity contribution is 1.37. The van der Waals surface area contributed by atoms with Gasteiger partial charge in [0.25, 0.3) is 0 Å². The quantitative estimate of drug-likeness (QED) is 0.569. The molecule has 0 N–H and O–H groups in total. The summed E-state index contributed by atoms with van der Waals surface area (Å²) in [5, 5.41) is 8.57. The molecule has 0 bridgehead atoms. The van der Waals surface area contributed by atoms with E-state index >= 15 is 0 Å². The smallest absolute Gasteiger partial charge is 0.100 e. The van der Waals surface area contributed by atoms with Crippen LogP contribution in [0.25, 0.3) is 0 Å². The summed E-state index contributed by atoms with van der Waals surface area (Å²) < 4.78 is 0. The van der Waals surface area contributed by atoms with Gasteiger partial charge in [0, 0.05) is 4.90 Å². The predicted octanol–water partition coefficient (Wildman–Crippen LogP) is 2.08. The fourth-order valence-electron chi connectivity index (χ4n) is 0.676. The van der Waals surface area contributed by atoms with E-state index in [4.69, 9.17) is 5.26 Å². The molecule has 2 heteroatoms. The van der Waals surface area contributed by atoms with Gasteiger partial charge in [-0.1, -0.05) is 6.07 Å². The van der Waals surface area contributed by atoms with Crippen LogP contribution in [0, 0.1) is 17.4 Å². The van der Waals surface area contributed by atoms with Crippen molar-refractivity contribution in [3.05, 3.63) is 29.8 Å². The SMILES string of the molecule is CSc1c[c]ccc1C#N. The molecular formula is C8H6NS. The van der Waals surface area contributed by atoms with Gasteiger partial charge in [-0.25, -0.2) is 0 Å². The van der Waals surface area contributed by atoms with Gasteiger partial charge in [0.1, 0.15) is 6.07 Å². The minimum atomic E-state index is 0.728. The average molecular weight is 148 g/mol. The molecule has 1 aromatic carbocycles. The molecule has 1 nitrogen and oxygen atoms in total. The van der Waals surface area contributed by atoms with Crippen molar-refractivity contribution in [3.63, 3.8) is 0 Å². The Morgan fingerprint density at radius 2 is 2.50 bits per heavy atom. The molecule has 0 heterocycles. The van der Waals surface area contributed by atoms with Crippen molar-refractivity contribution in [3.8, 4) is 6.07 Å². The summed E-state index contributed by atoms with van der Waals surface area (Å²) in [5.41, 5.74) is 0.728. The lowest BCUT2D eigenvalue weighted by Gasteiger charge is -1.95. The van der Waals surface area contributed by atoms with E-state index in [0.717, 1.165) is 10.5 Å². The first-order valence-corrected chi connectivity index (χ1v) is 4.05. The molecule has 0 saturated heterocycles. The first-order valence-electron chi connectivity index (χ1n) is 2.82. The largest absolute Gasteiger partial charge is 0.192 e. The summed E-state index contributed by atoms with van der Waals surface area (Å²) in [4.78, 5) is 0.991. The van der Waals surface area contributed by atoms with Gasteiger partial charge in [0.15, 0.2) is 0 Å². The molecule has 0 atom stereocenters. The van der Waals surface area contributed by atoms with E-state index in [1.54, 1.807) is 23.9 Å². The first kappa shape index (κ1) is 7.17. The van der Waals surface area contributed by atoms with Gasteiger partial charge in [-0.3, -0.25) is 0 Å². The second-order valence-electron chi connectivity index (χ2n) is 1.74. The lowest BCUT2D eigenvalue weighted by atomic mass is 10.2. The van der Waals surface area contributed by atoms with Crippen LogP contribution in [0.2, 0.25) is 0 Å². The maximum Gasteiger partial charge on any atom is 0.100 e. The van der Waals surface area contributed by atoms with E-state index in [1.165, 1.54) is 0 Å². The number of thioether (sulfide) groups is 1. The fourth-order valence-corrected chi connectivity index (χ4v) is 1.20. The van der Waals surface area contributed by atoms with E-state index in [-0.39, 0.29) is 0 Å². The maximum absolute atomic E-state index is 8.57. The average Bonchev–Trinajstić information content (AvgIpc) is 2.04. The molecule has 0 unspecified atom stereocenters. The Morgan fingerprint density at radius 1 is 1.70 bits per heavy atom. The van der Waals surface area contributed by atoms with Gasteiger partial charge in [0.05, 0.1) is 5.56 Å². The Labute approximate surface area is 64.7 Å². The van der Waals surface area contributed by atoms with E-state index in [2.05, 4.69) is 12.1 Å². The third kappa shape index (κ3) is 1.31. The van der Waals surface area contributed by atoms with Gasteiger partial charge in [-0.2, -0.15) is 5.26 Å². The Morgan fingerprint density at radius 3 is 3.00 bits per heavy atom. The van der Waals surface area contributed by atoms with Gasteiger partial charge in [0.2, 0.25) is 0 Å². The summed E-state index contributed by atoms with van der Waals surface area (Å²) in [6.45, 7) is 0. The van der Waals surface area contributed by atoms with Crippen molar-refractivity contribution in [2.75, 3.05) is 6.26 Å². The van der Waals surface area contributed by atoms with Crippen molar-refractivity contribution in [1.82, 2.24) is 0 Å². The van der Waals surface area contributed by atoms with Gasteiger partial charge in [-0.15, -0.1) is 11.8 Å². The standard InChI is InChI=1S/C8H6NS/c1-10-8-5-3-2-4-7(8)6-9/h2,4-5H,1H3. The molecule has 0 saturated carbocycles. The molecule has 0 aliphatic carbocycles. The van der Waals surface area contributed by atoms with E-state index in [1.807, 2.05) is 12.3 Å². The molecular weight excluding hydrogens is 142 g/mol. The molecule has 49 valence electrons. The van der Waals surface area contributed by atoms with E-state index in [9.17, 15) is 0 Å². The zero-order valence-corrected chi connectivity index (χ0v) is 6.40. The Bertz CT molecular complexity index is 262. The number of nitriles is 1. The molecule has 0 aliphatic heterocycles. The molecule has 0 aliphatic rings. The first-order chi connectivity index (χ1) is 4.88. The van der Waals surface area contributed by atoms with Crippen LogP contribution in [0.1, 0.15) is 5.56 Å². The lowest BCUT2D eigenvalue weighted by Crippen LogP contribution is -1.77. The second kappa shape index (κ2) is 3.28. The second-order valence-corrected chi connectivity index (χ2v) is 2.59. The van der Waals surface area contributed by atoms with Crippen LogP contribution in [0.5, 0.6) is 0 Å². The van der Waals surface area contributed by atoms with Crippen molar-refractivity contribution in [1.29, 1.82) is 5.26 Å². The number of benzene rings is 1. The summed E-state index contributed by atoms with van der Waals surface area (Å²) >= 11 is 1.57. The van der Waals surface area contributed by atoms with Crippen LogP contribution in [-0.4, -0.2) is 6.26 Å². The summed E-state index contributed by atoms with van der Waals surface area (Å²) in [6, 6.07) is 10.4. The zero-order chi connectivity index (χ0) is 7.40. The highest BCUT2D eigenvalue weighted by molar-refractivity contribution is 7.98. The highest BCUT2D eigenvalue weighted by Gasteiger charge is 1.95. The molecule has 0 aromatic heterocycles. The molecule has 10 heavy (non-hydrogen) atoms.